The van der Waals surface area contributed by atoms with Crippen LogP contribution in [0, 0.1) is 6.92 Å². The molecule has 0 radical (unpaired) electrons. The predicted octanol–water partition coefficient (Wildman–Crippen LogP) is 3.90. The largest absolute Gasteiger partial charge is 0.299 e. The molecule has 1 saturated carbocycles. The normalized spacial score (nSPS) is 14.3. The molecule has 6 heteroatoms. The Morgan fingerprint density at radius 1 is 1.43 bits per heavy atom. The van der Waals surface area contributed by atoms with Crippen LogP contribution in [0.4, 0.5) is 0 Å². The SMILES string of the molecule is CCSc1c(Cl)ccc(C(=O)c2c(C3CC3)[nH]n(C)c2=O)c1C. The summed E-state index contributed by atoms with van der Waals surface area (Å²) in [6.45, 7) is 3.94. The molecule has 1 aliphatic rings. The molecule has 1 heterocycles. The average molecular weight is 351 g/mol. The van der Waals surface area contributed by atoms with Crippen molar-refractivity contribution < 1.29 is 4.79 Å². The van der Waals surface area contributed by atoms with Gasteiger partial charge in [0.25, 0.3) is 5.56 Å². The maximum atomic E-state index is 13.0. The minimum atomic E-state index is -0.254. The fourth-order valence-electron chi connectivity index (χ4n) is 2.82. The van der Waals surface area contributed by atoms with E-state index in [9.17, 15) is 9.59 Å². The Labute approximate surface area is 144 Å². The lowest BCUT2D eigenvalue weighted by atomic mass is 9.98. The number of aromatic nitrogens is 2. The number of hydrogen-bond donors (Lipinski definition) is 1. The molecule has 0 atom stereocenters. The van der Waals surface area contributed by atoms with Gasteiger partial charge in [0.1, 0.15) is 5.56 Å². The molecular weight excluding hydrogens is 332 g/mol. The number of H-pyrrole nitrogens is 1. The van der Waals surface area contributed by atoms with Crippen LogP contribution in [0.15, 0.2) is 21.8 Å². The van der Waals surface area contributed by atoms with Crippen molar-refractivity contribution in [3.8, 4) is 0 Å². The summed E-state index contributed by atoms with van der Waals surface area (Å²) < 4.78 is 1.40. The van der Waals surface area contributed by atoms with Gasteiger partial charge in [-0.25, -0.2) is 0 Å². The lowest BCUT2D eigenvalue weighted by Crippen LogP contribution is -2.20. The van der Waals surface area contributed by atoms with Crippen LogP contribution in [0.3, 0.4) is 0 Å². The maximum Gasteiger partial charge on any atom is 0.277 e. The zero-order chi connectivity index (χ0) is 16.7. The van der Waals surface area contributed by atoms with Gasteiger partial charge in [-0.05, 0) is 43.2 Å². The van der Waals surface area contributed by atoms with Gasteiger partial charge >= 0.3 is 0 Å². The Morgan fingerprint density at radius 2 is 2.13 bits per heavy atom. The van der Waals surface area contributed by atoms with Crippen LogP contribution in [0.5, 0.6) is 0 Å². The molecule has 1 N–H and O–H groups in total. The summed E-state index contributed by atoms with van der Waals surface area (Å²) in [5.74, 6) is 0.970. The van der Waals surface area contributed by atoms with Crippen LogP contribution < -0.4 is 5.56 Å². The van der Waals surface area contributed by atoms with Gasteiger partial charge in [-0.15, -0.1) is 11.8 Å². The molecule has 0 amide bonds. The number of aryl methyl sites for hydroxylation is 1. The molecule has 1 aromatic heterocycles. The lowest BCUT2D eigenvalue weighted by Gasteiger charge is -2.11. The van der Waals surface area contributed by atoms with Crippen LogP contribution in [0.2, 0.25) is 5.02 Å². The van der Waals surface area contributed by atoms with E-state index in [1.54, 1.807) is 30.9 Å². The average Bonchev–Trinajstić information content (AvgIpc) is 3.30. The van der Waals surface area contributed by atoms with E-state index in [0.717, 1.165) is 34.7 Å². The molecule has 4 nitrogen and oxygen atoms in total. The van der Waals surface area contributed by atoms with Crippen molar-refractivity contribution in [2.45, 2.75) is 37.5 Å². The Kier molecular flexibility index (Phi) is 4.43. The Balaban J connectivity index is 2.12. The summed E-state index contributed by atoms with van der Waals surface area (Å²) in [6.07, 6.45) is 2.05. The molecule has 23 heavy (non-hydrogen) atoms. The van der Waals surface area contributed by atoms with E-state index in [4.69, 9.17) is 11.6 Å². The third-order valence-electron chi connectivity index (χ3n) is 4.18. The van der Waals surface area contributed by atoms with Gasteiger partial charge in [0.2, 0.25) is 5.78 Å². The number of nitrogens with zero attached hydrogens (tertiary/aromatic N) is 1. The number of hydrogen-bond acceptors (Lipinski definition) is 3. The first-order valence-corrected chi connectivity index (χ1v) is 9.07. The lowest BCUT2D eigenvalue weighted by molar-refractivity contribution is 0.103. The number of aromatic amines is 1. The van der Waals surface area contributed by atoms with Crippen LogP contribution >= 0.6 is 23.4 Å². The van der Waals surface area contributed by atoms with Crippen molar-refractivity contribution in [3.05, 3.63) is 49.9 Å². The summed E-state index contributed by atoms with van der Waals surface area (Å²) in [6, 6.07) is 3.47. The molecule has 122 valence electrons. The van der Waals surface area contributed by atoms with Gasteiger partial charge in [0.15, 0.2) is 0 Å². The molecular formula is C17H19ClN2O2S. The molecule has 3 rings (SSSR count). The molecule has 0 spiro atoms. The van der Waals surface area contributed by atoms with Gasteiger partial charge in [-0.1, -0.05) is 18.5 Å². The number of thioether (sulfide) groups is 1. The monoisotopic (exact) mass is 350 g/mol. The second-order valence-electron chi connectivity index (χ2n) is 5.85. The van der Waals surface area contributed by atoms with Crippen molar-refractivity contribution in [3.63, 3.8) is 0 Å². The van der Waals surface area contributed by atoms with Gasteiger partial charge in [0.05, 0.1) is 10.7 Å². The van der Waals surface area contributed by atoms with E-state index in [1.165, 1.54) is 4.68 Å². The van der Waals surface area contributed by atoms with Crippen LogP contribution in [0.25, 0.3) is 0 Å². The highest BCUT2D eigenvalue weighted by molar-refractivity contribution is 7.99. The van der Waals surface area contributed by atoms with Crippen molar-refractivity contribution in [1.82, 2.24) is 9.78 Å². The van der Waals surface area contributed by atoms with Crippen molar-refractivity contribution in [2.24, 2.45) is 7.05 Å². The minimum absolute atomic E-state index is 0.208. The molecule has 0 bridgehead atoms. The van der Waals surface area contributed by atoms with Crippen molar-refractivity contribution >= 4 is 29.1 Å². The number of benzene rings is 1. The summed E-state index contributed by atoms with van der Waals surface area (Å²) >= 11 is 7.87. The fourth-order valence-corrected chi connectivity index (χ4v) is 4.01. The first kappa shape index (κ1) is 16.4. The van der Waals surface area contributed by atoms with E-state index in [0.29, 0.717) is 16.5 Å². The summed E-state index contributed by atoms with van der Waals surface area (Å²) in [4.78, 5) is 26.4. The zero-order valence-electron chi connectivity index (χ0n) is 13.4. The number of carbonyl (C=O) groups excluding carboxylic acids is 1. The number of ketones is 1. The molecule has 0 unspecified atom stereocenters. The minimum Gasteiger partial charge on any atom is -0.299 e. The second-order valence-corrected chi connectivity index (χ2v) is 7.53. The smallest absolute Gasteiger partial charge is 0.277 e. The maximum absolute atomic E-state index is 13.0. The highest BCUT2D eigenvalue weighted by Gasteiger charge is 2.33. The topological polar surface area (TPSA) is 54.9 Å². The highest BCUT2D eigenvalue weighted by Crippen LogP contribution is 2.41. The van der Waals surface area contributed by atoms with Gasteiger partial charge < -0.3 is 0 Å². The van der Waals surface area contributed by atoms with Crippen LogP contribution in [-0.2, 0) is 7.05 Å². The number of carbonyl (C=O) groups is 1. The van der Waals surface area contributed by atoms with E-state index in [-0.39, 0.29) is 16.9 Å². The second kappa shape index (κ2) is 6.21. The fraction of sp³-hybridized carbons (Fsp3) is 0.412. The molecule has 2 aromatic rings. The number of rotatable bonds is 5. The third kappa shape index (κ3) is 2.88. The van der Waals surface area contributed by atoms with Gasteiger partial charge in [0, 0.05) is 23.4 Å². The summed E-state index contributed by atoms with van der Waals surface area (Å²) in [5, 5.41) is 3.70. The predicted molar refractivity (Wildman–Crippen MR) is 94.0 cm³/mol. The van der Waals surface area contributed by atoms with Crippen molar-refractivity contribution in [1.29, 1.82) is 0 Å². The van der Waals surface area contributed by atoms with E-state index < -0.39 is 0 Å². The van der Waals surface area contributed by atoms with Gasteiger partial charge in [-0.3, -0.25) is 19.4 Å². The first-order chi connectivity index (χ1) is 11.0. The van der Waals surface area contributed by atoms with Crippen LogP contribution in [-0.4, -0.2) is 21.3 Å². The summed E-state index contributed by atoms with van der Waals surface area (Å²) in [7, 11) is 1.65. The van der Waals surface area contributed by atoms with Crippen LogP contribution in [0.1, 0.15) is 52.9 Å². The van der Waals surface area contributed by atoms with E-state index in [2.05, 4.69) is 5.10 Å². The number of nitrogens with one attached hydrogen (secondary N) is 1. The standard InChI is InChI=1S/C17H19ClN2O2S/c1-4-23-16-9(2)11(7-8-12(16)18)15(21)13-14(10-5-6-10)19-20(3)17(13)22/h7-8,10,19H,4-6H2,1-3H3. The van der Waals surface area contributed by atoms with Crippen molar-refractivity contribution in [2.75, 3.05) is 5.75 Å². The first-order valence-electron chi connectivity index (χ1n) is 7.71. The Bertz CT molecular complexity index is 834. The summed E-state index contributed by atoms with van der Waals surface area (Å²) in [5.41, 5.74) is 2.22. The van der Waals surface area contributed by atoms with Gasteiger partial charge in [-0.2, -0.15) is 0 Å². The quantitative estimate of drug-likeness (QED) is 0.657. The Morgan fingerprint density at radius 3 is 2.74 bits per heavy atom. The molecule has 0 saturated heterocycles. The molecule has 1 fully saturated rings. The zero-order valence-corrected chi connectivity index (χ0v) is 15.0. The molecule has 1 aliphatic carbocycles. The third-order valence-corrected chi connectivity index (χ3v) is 5.71. The highest BCUT2D eigenvalue weighted by atomic mass is 35.5. The van der Waals surface area contributed by atoms with E-state index >= 15 is 0 Å². The Hall–Kier alpha value is -1.46. The number of halogens is 1. The van der Waals surface area contributed by atoms with E-state index in [1.807, 2.05) is 13.8 Å². The molecule has 1 aromatic carbocycles. The molecule has 0 aliphatic heterocycles.